The third-order valence-electron chi connectivity index (χ3n) is 4.13. The summed E-state index contributed by atoms with van der Waals surface area (Å²) in [7, 11) is 0. The van der Waals surface area contributed by atoms with Gasteiger partial charge >= 0.3 is 0 Å². The third kappa shape index (κ3) is 6.36. The summed E-state index contributed by atoms with van der Waals surface area (Å²) >= 11 is 0. The molecule has 1 N–H and O–H groups in total. The zero-order valence-electron chi connectivity index (χ0n) is 15.8. The maximum atomic E-state index is 13.2. The first-order chi connectivity index (χ1) is 12.5. The highest BCUT2D eigenvalue weighted by atomic mass is 16.2. The fourth-order valence-electron chi connectivity index (χ4n) is 2.98. The average Bonchev–Trinajstić information content (AvgIpc) is 2.61. The number of rotatable bonds is 8. The van der Waals surface area contributed by atoms with Gasteiger partial charge in [0.2, 0.25) is 11.8 Å². The maximum Gasteiger partial charge on any atom is 0.245 e. The summed E-state index contributed by atoms with van der Waals surface area (Å²) < 4.78 is 0. The molecule has 0 unspecified atom stereocenters. The largest absolute Gasteiger partial charge is 0.345 e. The minimum absolute atomic E-state index is 0.0402. The van der Waals surface area contributed by atoms with E-state index in [0.717, 1.165) is 11.1 Å². The highest BCUT2D eigenvalue weighted by Gasteiger charge is 2.26. The van der Waals surface area contributed by atoms with E-state index in [-0.39, 0.29) is 11.8 Å². The molecule has 2 amide bonds. The molecule has 0 radical (unpaired) electrons. The second-order valence-electron chi connectivity index (χ2n) is 7.05. The summed E-state index contributed by atoms with van der Waals surface area (Å²) in [6.07, 6.45) is 0.624. The molecule has 0 fully saturated rings. The Morgan fingerprint density at radius 1 is 0.885 bits per heavy atom. The Morgan fingerprint density at radius 3 is 1.73 bits per heavy atom. The predicted molar refractivity (Wildman–Crippen MR) is 104 cm³/mol. The van der Waals surface area contributed by atoms with E-state index in [1.165, 1.54) is 6.92 Å². The Bertz CT molecular complexity index is 657. The number of nitrogens with zero attached hydrogens (tertiary/aromatic N) is 1. The molecule has 2 aromatic carbocycles. The summed E-state index contributed by atoms with van der Waals surface area (Å²) in [5.41, 5.74) is 2.14. The predicted octanol–water partition coefficient (Wildman–Crippen LogP) is 3.77. The molecule has 138 valence electrons. The van der Waals surface area contributed by atoms with Gasteiger partial charge in [0.05, 0.1) is 0 Å². The third-order valence-corrected chi connectivity index (χ3v) is 4.13. The van der Waals surface area contributed by atoms with E-state index >= 15 is 0 Å². The topological polar surface area (TPSA) is 49.4 Å². The van der Waals surface area contributed by atoms with Gasteiger partial charge in [0.25, 0.3) is 0 Å². The molecule has 2 aromatic rings. The van der Waals surface area contributed by atoms with Crippen LogP contribution in [0, 0.1) is 5.92 Å². The van der Waals surface area contributed by atoms with Gasteiger partial charge in [-0.1, -0.05) is 74.5 Å². The zero-order chi connectivity index (χ0) is 18.9. The van der Waals surface area contributed by atoms with Crippen molar-refractivity contribution in [3.05, 3.63) is 71.8 Å². The summed E-state index contributed by atoms with van der Waals surface area (Å²) in [5, 5.41) is 2.83. The lowest BCUT2D eigenvalue weighted by atomic mass is 10.0. The van der Waals surface area contributed by atoms with Gasteiger partial charge in [-0.2, -0.15) is 0 Å². The van der Waals surface area contributed by atoms with E-state index < -0.39 is 6.04 Å². The molecule has 0 aliphatic rings. The van der Waals surface area contributed by atoms with Gasteiger partial charge in [0.1, 0.15) is 6.04 Å². The second kappa shape index (κ2) is 9.76. The first-order valence-corrected chi connectivity index (χ1v) is 9.09. The molecule has 26 heavy (non-hydrogen) atoms. The highest BCUT2D eigenvalue weighted by Crippen LogP contribution is 2.15. The summed E-state index contributed by atoms with van der Waals surface area (Å²) in [6, 6.07) is 19.4. The number of benzene rings is 2. The van der Waals surface area contributed by atoms with Gasteiger partial charge < -0.3 is 10.2 Å². The Balaban J connectivity index is 2.24. The van der Waals surface area contributed by atoms with Crippen molar-refractivity contribution in [1.82, 2.24) is 10.2 Å². The van der Waals surface area contributed by atoms with Crippen molar-refractivity contribution in [2.75, 3.05) is 0 Å². The molecule has 4 nitrogen and oxygen atoms in total. The fraction of sp³-hybridized carbons (Fsp3) is 0.364. The Labute approximate surface area is 156 Å². The van der Waals surface area contributed by atoms with Crippen molar-refractivity contribution in [3.63, 3.8) is 0 Å². The standard InChI is InChI=1S/C22H28N2O2/c1-17(2)14-21(23-18(3)25)22(26)24(15-19-10-6-4-7-11-19)16-20-12-8-5-9-13-20/h4-13,17,21H,14-16H2,1-3H3,(H,23,25)/t21-/m0/s1. The van der Waals surface area contributed by atoms with Crippen LogP contribution in [-0.4, -0.2) is 22.8 Å². The SMILES string of the molecule is CC(=O)N[C@@H](CC(C)C)C(=O)N(Cc1ccccc1)Cc1ccccc1. The number of carbonyl (C=O) groups excluding carboxylic acids is 2. The fourth-order valence-corrected chi connectivity index (χ4v) is 2.98. The van der Waals surface area contributed by atoms with E-state index in [0.29, 0.717) is 25.4 Å². The van der Waals surface area contributed by atoms with Crippen LogP contribution in [0.1, 0.15) is 38.3 Å². The quantitative estimate of drug-likeness (QED) is 0.786. The van der Waals surface area contributed by atoms with E-state index in [9.17, 15) is 9.59 Å². The van der Waals surface area contributed by atoms with E-state index in [1.807, 2.05) is 65.6 Å². The van der Waals surface area contributed by atoms with Crippen LogP contribution in [-0.2, 0) is 22.7 Å². The van der Waals surface area contributed by atoms with Crippen molar-refractivity contribution in [3.8, 4) is 0 Å². The van der Waals surface area contributed by atoms with Crippen LogP contribution in [0.3, 0.4) is 0 Å². The molecular formula is C22H28N2O2. The van der Waals surface area contributed by atoms with Crippen molar-refractivity contribution < 1.29 is 9.59 Å². The first-order valence-electron chi connectivity index (χ1n) is 9.09. The van der Waals surface area contributed by atoms with Gasteiger partial charge in [-0.15, -0.1) is 0 Å². The first kappa shape index (κ1) is 19.7. The summed E-state index contributed by atoms with van der Waals surface area (Å²) in [6.45, 7) is 6.60. The van der Waals surface area contributed by atoms with Gasteiger partial charge in [0.15, 0.2) is 0 Å². The van der Waals surface area contributed by atoms with Gasteiger partial charge in [0, 0.05) is 20.0 Å². The molecule has 2 rings (SSSR count). The molecule has 0 spiro atoms. The van der Waals surface area contributed by atoms with Crippen LogP contribution < -0.4 is 5.32 Å². The summed E-state index contributed by atoms with van der Waals surface area (Å²) in [5.74, 6) is 0.0936. The molecule has 0 heterocycles. The lowest BCUT2D eigenvalue weighted by Gasteiger charge is -2.29. The lowest BCUT2D eigenvalue weighted by Crippen LogP contribution is -2.48. The van der Waals surface area contributed by atoms with Crippen molar-refractivity contribution in [1.29, 1.82) is 0 Å². The smallest absolute Gasteiger partial charge is 0.245 e. The Morgan fingerprint density at radius 2 is 1.35 bits per heavy atom. The second-order valence-corrected chi connectivity index (χ2v) is 7.05. The minimum Gasteiger partial charge on any atom is -0.345 e. The summed E-state index contributed by atoms with van der Waals surface area (Å²) in [4.78, 5) is 26.7. The Hall–Kier alpha value is -2.62. The van der Waals surface area contributed by atoms with Gasteiger partial charge in [-0.25, -0.2) is 0 Å². The van der Waals surface area contributed by atoms with Crippen molar-refractivity contribution in [2.45, 2.75) is 46.3 Å². The van der Waals surface area contributed by atoms with E-state index in [2.05, 4.69) is 19.2 Å². The van der Waals surface area contributed by atoms with E-state index in [1.54, 1.807) is 0 Å². The van der Waals surface area contributed by atoms with E-state index in [4.69, 9.17) is 0 Å². The molecule has 4 heteroatoms. The number of carbonyl (C=O) groups is 2. The molecule has 1 atom stereocenters. The lowest BCUT2D eigenvalue weighted by molar-refractivity contribution is -0.137. The molecule has 0 bridgehead atoms. The number of hydrogen-bond donors (Lipinski definition) is 1. The molecule has 0 saturated heterocycles. The molecule has 0 aliphatic heterocycles. The number of amides is 2. The Kier molecular flexibility index (Phi) is 7.39. The molecular weight excluding hydrogens is 324 g/mol. The average molecular weight is 352 g/mol. The van der Waals surface area contributed by atoms with Crippen LogP contribution in [0.2, 0.25) is 0 Å². The molecule has 0 aromatic heterocycles. The monoisotopic (exact) mass is 352 g/mol. The van der Waals surface area contributed by atoms with Crippen LogP contribution in [0.4, 0.5) is 0 Å². The number of hydrogen-bond acceptors (Lipinski definition) is 2. The molecule has 0 aliphatic carbocycles. The molecule has 0 saturated carbocycles. The van der Waals surface area contributed by atoms with Gasteiger partial charge in [-0.3, -0.25) is 9.59 Å². The highest BCUT2D eigenvalue weighted by molar-refractivity contribution is 5.86. The van der Waals surface area contributed by atoms with Crippen LogP contribution in [0.5, 0.6) is 0 Å². The zero-order valence-corrected chi connectivity index (χ0v) is 15.8. The number of nitrogens with one attached hydrogen (secondary N) is 1. The van der Waals surface area contributed by atoms with Crippen molar-refractivity contribution >= 4 is 11.8 Å². The van der Waals surface area contributed by atoms with Gasteiger partial charge in [-0.05, 0) is 23.5 Å². The van der Waals surface area contributed by atoms with Crippen LogP contribution >= 0.6 is 0 Å². The minimum atomic E-state index is -0.500. The van der Waals surface area contributed by atoms with Crippen LogP contribution in [0.25, 0.3) is 0 Å². The maximum absolute atomic E-state index is 13.2. The normalized spacial score (nSPS) is 11.8. The van der Waals surface area contributed by atoms with Crippen LogP contribution in [0.15, 0.2) is 60.7 Å². The van der Waals surface area contributed by atoms with Crippen molar-refractivity contribution in [2.24, 2.45) is 5.92 Å².